The molecule has 0 saturated carbocycles. The first-order valence-corrected chi connectivity index (χ1v) is 6.14. The van der Waals surface area contributed by atoms with Crippen molar-refractivity contribution in [3.8, 4) is 5.69 Å². The highest BCUT2D eigenvalue weighted by molar-refractivity contribution is 6.30. The Morgan fingerprint density at radius 2 is 2.10 bits per heavy atom. The molecule has 0 radical (unpaired) electrons. The third-order valence-electron chi connectivity index (χ3n) is 2.91. The quantitative estimate of drug-likeness (QED) is 0.327. The number of nitrogens with two attached hydrogens (primary N) is 1. The normalized spacial score (nSPS) is 11.9. The van der Waals surface area contributed by atoms with Crippen LogP contribution in [0, 0.1) is 0 Å². The van der Waals surface area contributed by atoms with Crippen LogP contribution < -0.4 is 5.73 Å². The molecule has 0 spiro atoms. The van der Waals surface area contributed by atoms with Gasteiger partial charge in [-0.25, -0.2) is 4.68 Å². The van der Waals surface area contributed by atoms with Crippen LogP contribution in [0.5, 0.6) is 0 Å². The van der Waals surface area contributed by atoms with Gasteiger partial charge in [0.15, 0.2) is 5.84 Å². The smallest absolute Gasteiger partial charge is 0.173 e. The summed E-state index contributed by atoms with van der Waals surface area (Å²) in [6.45, 7) is 0. The summed E-state index contributed by atoms with van der Waals surface area (Å²) < 4.78 is 1.58. The molecule has 0 unspecified atom stereocenters. The summed E-state index contributed by atoms with van der Waals surface area (Å²) in [5.74, 6) is -0.0372. The number of para-hydroxylation sites is 1. The van der Waals surface area contributed by atoms with E-state index < -0.39 is 0 Å². The Kier molecular flexibility index (Phi) is 3.00. The third kappa shape index (κ3) is 1.96. The number of halogens is 1. The van der Waals surface area contributed by atoms with Gasteiger partial charge in [-0.2, -0.15) is 5.10 Å². The Morgan fingerprint density at radius 3 is 2.80 bits per heavy atom. The van der Waals surface area contributed by atoms with Crippen LogP contribution in [-0.2, 0) is 0 Å². The number of aromatic nitrogens is 3. The average molecular weight is 288 g/mol. The maximum Gasteiger partial charge on any atom is 0.173 e. The van der Waals surface area contributed by atoms with Gasteiger partial charge < -0.3 is 10.9 Å². The van der Waals surface area contributed by atoms with Crippen molar-refractivity contribution in [2.45, 2.75) is 0 Å². The molecule has 0 aliphatic rings. The van der Waals surface area contributed by atoms with E-state index in [4.69, 9.17) is 22.5 Å². The largest absolute Gasteiger partial charge is 0.409 e. The van der Waals surface area contributed by atoms with E-state index in [9.17, 15) is 0 Å². The molecule has 2 heterocycles. The van der Waals surface area contributed by atoms with E-state index in [0.29, 0.717) is 16.3 Å². The van der Waals surface area contributed by atoms with Crippen molar-refractivity contribution in [1.82, 2.24) is 14.8 Å². The monoisotopic (exact) mass is 287 g/mol. The molecule has 3 aromatic rings. The van der Waals surface area contributed by atoms with Crippen LogP contribution in [0.2, 0.25) is 5.02 Å². The predicted molar refractivity (Wildman–Crippen MR) is 76.4 cm³/mol. The molecule has 100 valence electrons. The van der Waals surface area contributed by atoms with Crippen LogP contribution in [-0.4, -0.2) is 25.8 Å². The molecule has 2 aromatic heterocycles. The van der Waals surface area contributed by atoms with Gasteiger partial charge in [-0.05, 0) is 6.07 Å². The van der Waals surface area contributed by atoms with Crippen molar-refractivity contribution >= 4 is 28.3 Å². The zero-order chi connectivity index (χ0) is 14.1. The lowest BCUT2D eigenvalue weighted by atomic mass is 10.1. The van der Waals surface area contributed by atoms with Gasteiger partial charge >= 0.3 is 0 Å². The molecule has 6 nitrogen and oxygen atoms in total. The fraction of sp³-hybridized carbons (Fsp3) is 0. The van der Waals surface area contributed by atoms with Crippen LogP contribution in [0.15, 0.2) is 48.0 Å². The van der Waals surface area contributed by atoms with Crippen molar-refractivity contribution in [2.75, 3.05) is 0 Å². The lowest BCUT2D eigenvalue weighted by Crippen LogP contribution is -2.17. The standard InChI is InChI=1S/C13H10ClN5O/c14-8-5-17-19(7-8)12-9-3-1-2-4-11(9)16-6-10(12)13(15)18-20/h1-7,20H,(H2,15,18). The molecule has 0 atom stereocenters. The SMILES string of the molecule is N/C(=N\O)c1cnc2ccccc2c1-n1cc(Cl)cn1. The minimum Gasteiger partial charge on any atom is -0.409 e. The summed E-state index contributed by atoms with van der Waals surface area (Å²) in [7, 11) is 0. The van der Waals surface area contributed by atoms with Crippen LogP contribution >= 0.6 is 11.6 Å². The van der Waals surface area contributed by atoms with Crippen molar-refractivity contribution in [1.29, 1.82) is 0 Å². The molecule has 0 saturated heterocycles. The van der Waals surface area contributed by atoms with Crippen molar-refractivity contribution in [3.05, 3.63) is 53.4 Å². The Hall–Kier alpha value is -2.60. The van der Waals surface area contributed by atoms with Gasteiger partial charge in [0, 0.05) is 17.8 Å². The van der Waals surface area contributed by atoms with Gasteiger partial charge in [0.2, 0.25) is 0 Å². The lowest BCUT2D eigenvalue weighted by Gasteiger charge is -2.11. The summed E-state index contributed by atoms with van der Waals surface area (Å²) in [4.78, 5) is 4.30. The summed E-state index contributed by atoms with van der Waals surface area (Å²) in [5.41, 5.74) is 7.64. The molecule has 0 fully saturated rings. The number of pyridine rings is 1. The van der Waals surface area contributed by atoms with E-state index in [1.165, 1.54) is 6.20 Å². The molecular weight excluding hydrogens is 278 g/mol. The number of nitrogens with zero attached hydrogens (tertiary/aromatic N) is 4. The zero-order valence-electron chi connectivity index (χ0n) is 10.2. The Balaban J connectivity index is 2.40. The number of benzene rings is 1. The summed E-state index contributed by atoms with van der Waals surface area (Å²) in [6, 6.07) is 7.54. The second-order valence-electron chi connectivity index (χ2n) is 4.13. The molecule has 20 heavy (non-hydrogen) atoms. The van der Waals surface area contributed by atoms with Gasteiger partial charge in [-0.1, -0.05) is 35.0 Å². The Labute approximate surface area is 119 Å². The highest BCUT2D eigenvalue weighted by atomic mass is 35.5. The minimum absolute atomic E-state index is 0.0372. The van der Waals surface area contributed by atoms with Crippen LogP contribution in [0.3, 0.4) is 0 Å². The molecule has 3 rings (SSSR count). The fourth-order valence-corrected chi connectivity index (χ4v) is 2.17. The first-order valence-electron chi connectivity index (χ1n) is 5.77. The molecule has 0 aliphatic heterocycles. The summed E-state index contributed by atoms with van der Waals surface area (Å²) in [5, 5.41) is 17.5. The van der Waals surface area contributed by atoms with Gasteiger partial charge in [0.1, 0.15) is 0 Å². The van der Waals surface area contributed by atoms with E-state index in [1.54, 1.807) is 17.1 Å². The summed E-state index contributed by atoms with van der Waals surface area (Å²) in [6.07, 6.45) is 4.71. The maximum absolute atomic E-state index is 8.92. The molecule has 1 aromatic carbocycles. The van der Waals surface area contributed by atoms with Gasteiger partial charge in [0.05, 0.1) is 28.0 Å². The molecule has 7 heteroatoms. The molecule has 0 aliphatic carbocycles. The van der Waals surface area contributed by atoms with E-state index in [0.717, 1.165) is 10.9 Å². The van der Waals surface area contributed by atoms with Gasteiger partial charge in [-0.15, -0.1) is 0 Å². The molecule has 0 bridgehead atoms. The zero-order valence-corrected chi connectivity index (χ0v) is 11.0. The highest BCUT2D eigenvalue weighted by Gasteiger charge is 2.15. The first kappa shape index (κ1) is 12.4. The second-order valence-corrected chi connectivity index (χ2v) is 4.56. The minimum atomic E-state index is -0.0372. The van der Waals surface area contributed by atoms with Gasteiger partial charge in [-0.3, -0.25) is 4.98 Å². The van der Waals surface area contributed by atoms with Crippen LogP contribution in [0.1, 0.15) is 5.56 Å². The van der Waals surface area contributed by atoms with Crippen LogP contribution in [0.25, 0.3) is 16.6 Å². The number of fused-ring (bicyclic) bond motifs is 1. The van der Waals surface area contributed by atoms with Gasteiger partial charge in [0.25, 0.3) is 0 Å². The maximum atomic E-state index is 8.92. The third-order valence-corrected chi connectivity index (χ3v) is 3.11. The second kappa shape index (κ2) is 4.82. The Morgan fingerprint density at radius 1 is 1.30 bits per heavy atom. The number of amidine groups is 1. The van der Waals surface area contributed by atoms with Crippen molar-refractivity contribution in [2.24, 2.45) is 10.9 Å². The van der Waals surface area contributed by atoms with E-state index >= 15 is 0 Å². The number of rotatable bonds is 2. The molecule has 3 N–H and O–H groups in total. The fourth-order valence-electron chi connectivity index (χ4n) is 2.04. The van der Waals surface area contributed by atoms with Crippen molar-refractivity contribution in [3.63, 3.8) is 0 Å². The number of hydrogen-bond donors (Lipinski definition) is 2. The van der Waals surface area contributed by atoms with E-state index in [-0.39, 0.29) is 5.84 Å². The number of oxime groups is 1. The van der Waals surface area contributed by atoms with E-state index in [2.05, 4.69) is 15.2 Å². The van der Waals surface area contributed by atoms with E-state index in [1.807, 2.05) is 24.3 Å². The van der Waals surface area contributed by atoms with Crippen LogP contribution in [0.4, 0.5) is 0 Å². The first-order chi connectivity index (χ1) is 9.70. The number of hydrogen-bond acceptors (Lipinski definition) is 4. The van der Waals surface area contributed by atoms with Crippen molar-refractivity contribution < 1.29 is 5.21 Å². The highest BCUT2D eigenvalue weighted by Crippen LogP contribution is 2.25. The molecular formula is C13H10ClN5O. The summed E-state index contributed by atoms with van der Waals surface area (Å²) >= 11 is 5.92. The average Bonchev–Trinajstić information content (AvgIpc) is 2.91. The lowest BCUT2D eigenvalue weighted by molar-refractivity contribution is 0.318. The predicted octanol–water partition coefficient (Wildman–Crippen LogP) is 2.17. The topological polar surface area (TPSA) is 89.3 Å². The molecule has 0 amide bonds. The Bertz CT molecular complexity index is 811.